The van der Waals surface area contributed by atoms with Crippen molar-refractivity contribution in [1.29, 1.82) is 0 Å². The van der Waals surface area contributed by atoms with Crippen molar-refractivity contribution in [1.82, 2.24) is 4.49 Å². The quantitative estimate of drug-likeness (QED) is 0.257. The molecular formula is C15H34NO2PS. The summed E-state index contributed by atoms with van der Waals surface area (Å²) in [4.78, 5) is 0. The zero-order valence-corrected chi connectivity index (χ0v) is 15.2. The zero-order chi connectivity index (χ0) is 15.1. The largest absolute Gasteiger partial charge is 0.215 e. The number of nitrogens with one attached hydrogen (secondary N) is 1. The molecule has 0 aromatic rings. The van der Waals surface area contributed by atoms with Crippen LogP contribution in [0.15, 0.2) is 0 Å². The highest BCUT2D eigenvalue weighted by Crippen LogP contribution is 2.26. The molecule has 5 heteroatoms. The summed E-state index contributed by atoms with van der Waals surface area (Å²) in [5, 5.41) is 0. The SMILES string of the molecule is CCCCCCCCCCCCCCP(C)N[SH](=O)=O. The molecule has 3 nitrogen and oxygen atoms in total. The van der Waals surface area contributed by atoms with Gasteiger partial charge in [0.1, 0.15) is 0 Å². The summed E-state index contributed by atoms with van der Waals surface area (Å²) in [5.41, 5.74) is 0. The van der Waals surface area contributed by atoms with E-state index in [1.807, 2.05) is 6.66 Å². The molecule has 0 aliphatic heterocycles. The van der Waals surface area contributed by atoms with Gasteiger partial charge in [0, 0.05) is 0 Å². The minimum atomic E-state index is -2.40. The van der Waals surface area contributed by atoms with Crippen molar-refractivity contribution in [2.75, 3.05) is 12.8 Å². The molecule has 0 aliphatic carbocycles. The molecule has 0 spiro atoms. The van der Waals surface area contributed by atoms with Crippen molar-refractivity contribution < 1.29 is 8.42 Å². The fourth-order valence-corrected chi connectivity index (χ4v) is 4.59. The Morgan fingerprint density at radius 3 is 1.55 bits per heavy atom. The van der Waals surface area contributed by atoms with Gasteiger partial charge in [0.15, 0.2) is 0 Å². The van der Waals surface area contributed by atoms with Crippen LogP contribution in [-0.4, -0.2) is 21.2 Å². The van der Waals surface area contributed by atoms with Crippen molar-refractivity contribution in [3.05, 3.63) is 0 Å². The first kappa shape index (κ1) is 20.3. The molecule has 1 N–H and O–H groups in total. The van der Waals surface area contributed by atoms with Crippen LogP contribution in [0.5, 0.6) is 0 Å². The van der Waals surface area contributed by atoms with Crippen molar-refractivity contribution in [2.45, 2.75) is 84.0 Å². The molecule has 0 rings (SSSR count). The molecule has 1 unspecified atom stereocenters. The lowest BCUT2D eigenvalue weighted by molar-refractivity contribution is 0.548. The van der Waals surface area contributed by atoms with Crippen molar-refractivity contribution >= 4 is 19.0 Å². The van der Waals surface area contributed by atoms with E-state index in [0.717, 1.165) is 12.6 Å². The lowest BCUT2D eigenvalue weighted by atomic mass is 10.1. The number of hydrogen-bond donors (Lipinski definition) is 2. The predicted octanol–water partition coefficient (Wildman–Crippen LogP) is 4.83. The number of hydrogen-bond acceptors (Lipinski definition) is 2. The Morgan fingerprint density at radius 1 is 0.750 bits per heavy atom. The van der Waals surface area contributed by atoms with Gasteiger partial charge in [0.05, 0.1) is 0 Å². The van der Waals surface area contributed by atoms with Crippen LogP contribution in [0.25, 0.3) is 0 Å². The second-order valence-corrected chi connectivity index (χ2v) is 8.83. The van der Waals surface area contributed by atoms with E-state index in [-0.39, 0.29) is 0 Å². The van der Waals surface area contributed by atoms with Crippen molar-refractivity contribution in [3.63, 3.8) is 0 Å². The molecule has 1 atom stereocenters. The monoisotopic (exact) mass is 323 g/mol. The van der Waals surface area contributed by atoms with Gasteiger partial charge in [-0.1, -0.05) is 77.6 Å². The zero-order valence-electron chi connectivity index (χ0n) is 13.4. The summed E-state index contributed by atoms with van der Waals surface area (Å²) < 4.78 is 23.5. The van der Waals surface area contributed by atoms with Crippen LogP contribution in [0.2, 0.25) is 0 Å². The van der Waals surface area contributed by atoms with Crippen LogP contribution in [0, 0.1) is 0 Å². The van der Waals surface area contributed by atoms with Gasteiger partial charge in [0.25, 0.3) is 0 Å². The topological polar surface area (TPSA) is 46.2 Å². The van der Waals surface area contributed by atoms with Gasteiger partial charge in [0.2, 0.25) is 10.9 Å². The molecule has 0 amide bonds. The number of rotatable bonds is 15. The Morgan fingerprint density at radius 2 is 1.15 bits per heavy atom. The molecule has 0 aromatic heterocycles. The van der Waals surface area contributed by atoms with Gasteiger partial charge >= 0.3 is 0 Å². The van der Waals surface area contributed by atoms with E-state index >= 15 is 0 Å². The first-order valence-corrected chi connectivity index (χ1v) is 11.4. The van der Waals surface area contributed by atoms with Crippen LogP contribution in [0.1, 0.15) is 84.0 Å². The highest BCUT2D eigenvalue weighted by molar-refractivity contribution is 7.80. The van der Waals surface area contributed by atoms with Gasteiger partial charge in [-0.25, -0.2) is 8.42 Å². The number of thiol groups is 1. The molecule has 0 fully saturated rings. The molecule has 122 valence electrons. The van der Waals surface area contributed by atoms with Crippen LogP contribution in [0.4, 0.5) is 0 Å². The summed E-state index contributed by atoms with van der Waals surface area (Å²) in [5.74, 6) is 0. The minimum absolute atomic E-state index is 0.504. The lowest BCUT2D eigenvalue weighted by Crippen LogP contribution is -2.05. The third kappa shape index (κ3) is 16.4. The van der Waals surface area contributed by atoms with E-state index in [1.54, 1.807) is 0 Å². The molecule has 0 radical (unpaired) electrons. The van der Waals surface area contributed by atoms with Gasteiger partial charge in [-0.3, -0.25) is 0 Å². The number of unbranched alkanes of at least 4 members (excludes halogenated alkanes) is 11. The van der Waals surface area contributed by atoms with Crippen LogP contribution >= 0.6 is 8.07 Å². The van der Waals surface area contributed by atoms with E-state index in [9.17, 15) is 8.42 Å². The van der Waals surface area contributed by atoms with Crippen LogP contribution in [-0.2, 0) is 10.9 Å². The molecule has 0 bridgehead atoms. The maximum Gasteiger partial charge on any atom is 0.204 e. The van der Waals surface area contributed by atoms with Gasteiger partial charge in [-0.2, -0.15) is 4.49 Å². The molecule has 0 aromatic carbocycles. The Bertz CT molecular complexity index is 265. The van der Waals surface area contributed by atoms with E-state index in [4.69, 9.17) is 0 Å². The molecular weight excluding hydrogens is 289 g/mol. The predicted molar refractivity (Wildman–Crippen MR) is 92.2 cm³/mol. The molecule has 0 aliphatic rings. The van der Waals surface area contributed by atoms with Crippen molar-refractivity contribution in [3.8, 4) is 0 Å². The summed E-state index contributed by atoms with van der Waals surface area (Å²) in [6, 6.07) is 0. The maximum atomic E-state index is 10.5. The standard InChI is InChI=1S/C15H34NO2PS/c1-3-4-5-6-7-8-9-10-11-12-13-14-15-19(2)16-20(17)18/h20H,3-15H2,1-2H3,(H,16,17,18). The van der Waals surface area contributed by atoms with E-state index in [2.05, 4.69) is 11.4 Å². The van der Waals surface area contributed by atoms with E-state index in [1.165, 1.54) is 70.6 Å². The van der Waals surface area contributed by atoms with E-state index < -0.39 is 19.0 Å². The third-order valence-electron chi connectivity index (χ3n) is 3.60. The first-order chi connectivity index (χ1) is 9.66. The van der Waals surface area contributed by atoms with E-state index in [0.29, 0.717) is 0 Å². The maximum absolute atomic E-state index is 10.5. The average molecular weight is 323 g/mol. The molecule has 0 heterocycles. The smallest absolute Gasteiger partial charge is 0.204 e. The Balaban J connectivity index is 3.09. The highest BCUT2D eigenvalue weighted by atomic mass is 32.2. The summed E-state index contributed by atoms with van der Waals surface area (Å²) >= 11 is 0. The second kappa shape index (κ2) is 15.7. The van der Waals surface area contributed by atoms with Gasteiger partial charge < -0.3 is 0 Å². The first-order valence-electron chi connectivity index (χ1n) is 8.28. The molecule has 0 saturated heterocycles. The minimum Gasteiger partial charge on any atom is -0.215 e. The third-order valence-corrected chi connectivity index (χ3v) is 6.61. The summed E-state index contributed by atoms with van der Waals surface area (Å²) in [7, 11) is -2.91. The van der Waals surface area contributed by atoms with Crippen LogP contribution in [0.3, 0.4) is 0 Å². The Kier molecular flexibility index (Phi) is 16.0. The summed E-state index contributed by atoms with van der Waals surface area (Å²) in [6.07, 6.45) is 17.3. The molecule has 0 saturated carbocycles. The normalized spacial score (nSPS) is 12.9. The molecule has 20 heavy (non-hydrogen) atoms. The lowest BCUT2D eigenvalue weighted by Gasteiger charge is -2.08. The fourth-order valence-electron chi connectivity index (χ4n) is 2.38. The Labute approximate surface area is 129 Å². The highest BCUT2D eigenvalue weighted by Gasteiger charge is 2.00. The average Bonchev–Trinajstić information content (AvgIpc) is 2.39. The summed E-state index contributed by atoms with van der Waals surface area (Å²) in [6.45, 7) is 4.26. The fraction of sp³-hybridized carbons (Fsp3) is 1.00. The van der Waals surface area contributed by atoms with Crippen LogP contribution < -0.4 is 4.49 Å². The van der Waals surface area contributed by atoms with Gasteiger partial charge in [-0.15, -0.1) is 0 Å². The second-order valence-electron chi connectivity index (χ2n) is 5.67. The van der Waals surface area contributed by atoms with Gasteiger partial charge in [-0.05, 0) is 27.3 Å². The van der Waals surface area contributed by atoms with Crippen molar-refractivity contribution in [2.24, 2.45) is 0 Å². The Hall–Kier alpha value is 0.340.